The molecule has 0 spiro atoms. The molecule has 9 heteroatoms. The molecule has 4 N–H and O–H groups in total. The Kier molecular flexibility index (Phi) is 3.63. The van der Waals surface area contributed by atoms with Crippen LogP contribution in [-0.2, 0) is 6.42 Å². The van der Waals surface area contributed by atoms with Gasteiger partial charge in [-0.15, -0.1) is 0 Å². The van der Waals surface area contributed by atoms with Crippen molar-refractivity contribution in [2.24, 2.45) is 5.84 Å². The second-order valence-corrected chi connectivity index (χ2v) is 3.31. The van der Waals surface area contributed by atoms with Crippen molar-refractivity contribution < 1.29 is 13.3 Å². The first-order valence-corrected chi connectivity index (χ1v) is 5.03. The van der Waals surface area contributed by atoms with Gasteiger partial charge in [0.05, 0.1) is 0 Å². The molecule has 0 saturated carbocycles. The largest absolute Gasteiger partial charge is 0.367 e. The van der Waals surface area contributed by atoms with Crippen LogP contribution in [0.15, 0.2) is 16.9 Å². The van der Waals surface area contributed by atoms with Gasteiger partial charge in [-0.3, -0.25) is 0 Å². The third kappa shape index (κ3) is 2.69. The van der Waals surface area contributed by atoms with Crippen molar-refractivity contribution in [2.75, 3.05) is 17.3 Å². The molecule has 0 atom stereocenters. The molecule has 18 heavy (non-hydrogen) atoms. The summed E-state index contributed by atoms with van der Waals surface area (Å²) in [5, 5.41) is 6.10. The van der Waals surface area contributed by atoms with E-state index in [1.165, 1.54) is 6.33 Å². The minimum absolute atomic E-state index is 0.108. The molecule has 0 aliphatic heterocycles. The lowest BCUT2D eigenvalue weighted by molar-refractivity contribution is 0.379. The number of nitrogens with zero attached hydrogens (tertiary/aromatic N) is 3. The van der Waals surface area contributed by atoms with Crippen molar-refractivity contribution in [2.45, 2.75) is 6.42 Å². The molecule has 0 amide bonds. The van der Waals surface area contributed by atoms with Crippen molar-refractivity contribution in [1.29, 1.82) is 0 Å². The number of hydrogen-bond acceptors (Lipinski definition) is 7. The number of anilines is 2. The predicted molar refractivity (Wildman–Crippen MR) is 58.5 cm³/mol. The molecule has 7 nitrogen and oxygen atoms in total. The molecule has 96 valence electrons. The first-order valence-electron chi connectivity index (χ1n) is 5.03. The fourth-order valence-electron chi connectivity index (χ4n) is 1.29. The van der Waals surface area contributed by atoms with Crippen LogP contribution in [0.2, 0.25) is 0 Å². The van der Waals surface area contributed by atoms with Crippen LogP contribution in [0.3, 0.4) is 0 Å². The highest BCUT2D eigenvalue weighted by Crippen LogP contribution is 2.17. The quantitative estimate of drug-likeness (QED) is 0.534. The lowest BCUT2D eigenvalue weighted by Crippen LogP contribution is -2.14. The van der Waals surface area contributed by atoms with Gasteiger partial charge in [-0.1, -0.05) is 5.16 Å². The molecule has 0 fully saturated rings. The zero-order valence-electron chi connectivity index (χ0n) is 9.15. The van der Waals surface area contributed by atoms with Gasteiger partial charge in [-0.25, -0.2) is 19.6 Å². The molecule has 0 unspecified atom stereocenters. The number of hydrazine groups is 1. The molecule has 0 aromatic carbocycles. The summed E-state index contributed by atoms with van der Waals surface area (Å²) in [6.07, 6.45) is 1.66. The molecule has 0 saturated heterocycles. The zero-order valence-corrected chi connectivity index (χ0v) is 9.15. The van der Waals surface area contributed by atoms with Crippen LogP contribution in [0.4, 0.5) is 20.4 Å². The minimum atomic E-state index is -0.863. The molecule has 2 heterocycles. The van der Waals surface area contributed by atoms with E-state index < -0.39 is 11.6 Å². The highest BCUT2D eigenvalue weighted by Gasteiger charge is 2.11. The zero-order chi connectivity index (χ0) is 13.0. The minimum Gasteiger partial charge on any atom is -0.367 e. The highest BCUT2D eigenvalue weighted by molar-refractivity contribution is 5.46. The van der Waals surface area contributed by atoms with Crippen molar-refractivity contribution in [3.05, 3.63) is 29.9 Å². The van der Waals surface area contributed by atoms with Crippen molar-refractivity contribution in [1.82, 2.24) is 15.1 Å². The number of halogens is 2. The summed E-state index contributed by atoms with van der Waals surface area (Å²) in [6.45, 7) is 0.307. The van der Waals surface area contributed by atoms with E-state index in [0.29, 0.717) is 24.9 Å². The SMILES string of the molecule is NNc1nc(NCCc2ncno2)c(F)cc1F. The lowest BCUT2D eigenvalue weighted by Gasteiger charge is -2.08. The highest BCUT2D eigenvalue weighted by atomic mass is 19.1. The Morgan fingerprint density at radius 3 is 2.72 bits per heavy atom. The Hall–Kier alpha value is -2.29. The van der Waals surface area contributed by atoms with Crippen LogP contribution in [0, 0.1) is 11.6 Å². The van der Waals surface area contributed by atoms with E-state index in [1.807, 2.05) is 5.43 Å². The molecule has 0 aliphatic carbocycles. The molecular weight excluding hydrogens is 246 g/mol. The van der Waals surface area contributed by atoms with Gasteiger partial charge < -0.3 is 15.3 Å². The Morgan fingerprint density at radius 2 is 2.06 bits per heavy atom. The summed E-state index contributed by atoms with van der Waals surface area (Å²) in [6, 6.07) is 0.692. The van der Waals surface area contributed by atoms with Crippen LogP contribution >= 0.6 is 0 Å². The Balaban J connectivity index is 2.00. The fourth-order valence-corrected chi connectivity index (χ4v) is 1.29. The number of hydrogen-bond donors (Lipinski definition) is 3. The Labute approximate surface area is 100 Å². The van der Waals surface area contributed by atoms with E-state index in [9.17, 15) is 8.78 Å². The molecule has 0 aliphatic rings. The van der Waals surface area contributed by atoms with Gasteiger partial charge >= 0.3 is 0 Å². The summed E-state index contributed by atoms with van der Waals surface area (Å²) in [5.41, 5.74) is 2.03. The smallest absolute Gasteiger partial charge is 0.228 e. The number of aromatic nitrogens is 3. The van der Waals surface area contributed by atoms with E-state index in [2.05, 4.69) is 20.4 Å². The van der Waals surface area contributed by atoms with Gasteiger partial charge in [0.1, 0.15) is 0 Å². The average Bonchev–Trinajstić information content (AvgIpc) is 2.85. The Morgan fingerprint density at radius 1 is 1.28 bits per heavy atom. The maximum atomic E-state index is 13.3. The first-order chi connectivity index (χ1) is 8.70. The average molecular weight is 256 g/mol. The number of pyridine rings is 1. The van der Waals surface area contributed by atoms with Crippen molar-refractivity contribution >= 4 is 11.6 Å². The van der Waals surface area contributed by atoms with E-state index >= 15 is 0 Å². The van der Waals surface area contributed by atoms with E-state index in [1.54, 1.807) is 0 Å². The maximum absolute atomic E-state index is 13.3. The fraction of sp³-hybridized carbons (Fsp3) is 0.222. The van der Waals surface area contributed by atoms with Crippen LogP contribution in [0.25, 0.3) is 0 Å². The van der Waals surface area contributed by atoms with Crippen LogP contribution in [0.5, 0.6) is 0 Å². The van der Waals surface area contributed by atoms with Gasteiger partial charge in [0.25, 0.3) is 0 Å². The maximum Gasteiger partial charge on any atom is 0.228 e. The molecule has 2 rings (SSSR count). The molecule has 0 bridgehead atoms. The number of nitrogens with two attached hydrogens (primary N) is 1. The first kappa shape index (κ1) is 12.2. The summed E-state index contributed by atoms with van der Waals surface area (Å²) >= 11 is 0. The molecule has 2 aromatic rings. The van der Waals surface area contributed by atoms with Gasteiger partial charge in [-0.2, -0.15) is 4.98 Å². The Bertz CT molecular complexity index is 518. The van der Waals surface area contributed by atoms with Crippen LogP contribution in [-0.4, -0.2) is 21.7 Å². The van der Waals surface area contributed by atoms with E-state index in [-0.39, 0.29) is 11.6 Å². The van der Waals surface area contributed by atoms with E-state index in [0.717, 1.165) is 0 Å². The van der Waals surface area contributed by atoms with Gasteiger partial charge in [0.15, 0.2) is 29.6 Å². The van der Waals surface area contributed by atoms with Crippen LogP contribution < -0.4 is 16.6 Å². The standard InChI is InChI=1S/C9H10F2N6O/c10-5-3-6(11)9(17-12)16-8(5)13-2-1-7-14-4-15-18-7/h3-4H,1-2,12H2,(H2,13,16,17). The summed E-state index contributed by atoms with van der Waals surface area (Å²) in [7, 11) is 0. The van der Waals surface area contributed by atoms with Crippen molar-refractivity contribution in [3.8, 4) is 0 Å². The third-order valence-electron chi connectivity index (χ3n) is 2.10. The van der Waals surface area contributed by atoms with Gasteiger partial charge in [0.2, 0.25) is 5.89 Å². The second-order valence-electron chi connectivity index (χ2n) is 3.31. The molecule has 2 aromatic heterocycles. The third-order valence-corrected chi connectivity index (χ3v) is 2.10. The predicted octanol–water partition coefficient (Wildman–Crippen LogP) is 0.683. The monoisotopic (exact) mass is 256 g/mol. The molecule has 0 radical (unpaired) electrons. The summed E-state index contributed by atoms with van der Waals surface area (Å²) in [5.74, 6) is 3.43. The van der Waals surface area contributed by atoms with Gasteiger partial charge in [-0.05, 0) is 0 Å². The normalized spacial score (nSPS) is 10.4. The summed E-state index contributed by atoms with van der Waals surface area (Å²) in [4.78, 5) is 7.44. The van der Waals surface area contributed by atoms with Gasteiger partial charge in [0, 0.05) is 19.0 Å². The number of nitrogen functional groups attached to an aromatic ring is 1. The van der Waals surface area contributed by atoms with E-state index in [4.69, 9.17) is 10.4 Å². The second kappa shape index (κ2) is 5.36. The number of rotatable bonds is 5. The topological polar surface area (TPSA) is 102 Å². The van der Waals surface area contributed by atoms with Crippen molar-refractivity contribution in [3.63, 3.8) is 0 Å². The lowest BCUT2D eigenvalue weighted by atomic mass is 10.3. The number of nitrogens with one attached hydrogen (secondary N) is 2. The van der Waals surface area contributed by atoms with Crippen LogP contribution in [0.1, 0.15) is 5.89 Å². The molecular formula is C9H10F2N6O. The summed E-state index contributed by atoms with van der Waals surface area (Å²) < 4.78 is 31.2.